The third-order valence-corrected chi connectivity index (χ3v) is 4.99. The van der Waals surface area contributed by atoms with Gasteiger partial charge in [0, 0.05) is 13.1 Å². The number of benzene rings is 1. The van der Waals surface area contributed by atoms with Crippen molar-refractivity contribution in [3.8, 4) is 11.5 Å². The molecule has 1 saturated heterocycles. The SMILES string of the molecule is NC(=O)c1ccccc1NC(=O)C1CCCN(c2ccc(-c3ccco3)nn2)C1. The van der Waals surface area contributed by atoms with Gasteiger partial charge in [0.1, 0.15) is 5.69 Å². The van der Waals surface area contributed by atoms with Crippen molar-refractivity contribution < 1.29 is 14.0 Å². The Labute approximate surface area is 167 Å². The van der Waals surface area contributed by atoms with Crippen LogP contribution in [0.4, 0.5) is 11.5 Å². The van der Waals surface area contributed by atoms with Gasteiger partial charge in [-0.2, -0.15) is 0 Å². The van der Waals surface area contributed by atoms with E-state index in [4.69, 9.17) is 10.2 Å². The van der Waals surface area contributed by atoms with Crippen molar-refractivity contribution >= 4 is 23.3 Å². The van der Waals surface area contributed by atoms with Crippen LogP contribution in [0.1, 0.15) is 23.2 Å². The summed E-state index contributed by atoms with van der Waals surface area (Å²) in [4.78, 5) is 26.4. The fourth-order valence-corrected chi connectivity index (χ4v) is 3.49. The Morgan fingerprint density at radius 2 is 1.97 bits per heavy atom. The molecule has 8 heteroatoms. The Bertz CT molecular complexity index is 1000. The van der Waals surface area contributed by atoms with Crippen molar-refractivity contribution in [2.75, 3.05) is 23.3 Å². The minimum Gasteiger partial charge on any atom is -0.463 e. The predicted octanol–water partition coefficient (Wildman–Crippen LogP) is 2.69. The molecule has 1 aromatic carbocycles. The number of para-hydroxylation sites is 1. The number of rotatable bonds is 5. The van der Waals surface area contributed by atoms with Crippen LogP contribution in [0, 0.1) is 5.92 Å². The zero-order chi connectivity index (χ0) is 20.2. The Balaban J connectivity index is 1.44. The minimum atomic E-state index is -0.571. The van der Waals surface area contributed by atoms with Crippen molar-refractivity contribution in [2.45, 2.75) is 12.8 Å². The Kier molecular flexibility index (Phi) is 5.24. The van der Waals surface area contributed by atoms with Gasteiger partial charge in [-0.3, -0.25) is 9.59 Å². The van der Waals surface area contributed by atoms with Gasteiger partial charge in [-0.05, 0) is 49.2 Å². The minimum absolute atomic E-state index is 0.136. The largest absolute Gasteiger partial charge is 0.463 e. The normalized spacial score (nSPS) is 16.4. The number of aromatic nitrogens is 2. The van der Waals surface area contributed by atoms with Crippen molar-refractivity contribution in [3.63, 3.8) is 0 Å². The second-order valence-corrected chi connectivity index (χ2v) is 6.94. The van der Waals surface area contributed by atoms with E-state index in [0.717, 1.165) is 25.2 Å². The molecule has 2 amide bonds. The highest BCUT2D eigenvalue weighted by Crippen LogP contribution is 2.25. The maximum Gasteiger partial charge on any atom is 0.250 e. The summed E-state index contributed by atoms with van der Waals surface area (Å²) >= 11 is 0. The molecular formula is C21H21N5O3. The number of carbonyl (C=O) groups is 2. The summed E-state index contributed by atoms with van der Waals surface area (Å²) in [7, 11) is 0. The summed E-state index contributed by atoms with van der Waals surface area (Å²) in [6, 6.07) is 14.1. The molecule has 0 spiro atoms. The average Bonchev–Trinajstić information content (AvgIpc) is 3.29. The number of carbonyl (C=O) groups excluding carboxylic acids is 2. The van der Waals surface area contributed by atoms with Crippen LogP contribution in [-0.4, -0.2) is 35.1 Å². The highest BCUT2D eigenvalue weighted by atomic mass is 16.3. The van der Waals surface area contributed by atoms with Gasteiger partial charge < -0.3 is 20.4 Å². The molecule has 2 aromatic heterocycles. The first kappa shape index (κ1) is 18.7. The van der Waals surface area contributed by atoms with Crippen LogP contribution in [0.5, 0.6) is 0 Å². The predicted molar refractivity (Wildman–Crippen MR) is 108 cm³/mol. The van der Waals surface area contributed by atoms with Crippen LogP contribution in [0.25, 0.3) is 11.5 Å². The third kappa shape index (κ3) is 4.11. The molecule has 1 aliphatic rings. The number of primary amides is 1. The van der Waals surface area contributed by atoms with Crippen LogP contribution in [0.2, 0.25) is 0 Å². The van der Waals surface area contributed by atoms with E-state index >= 15 is 0 Å². The smallest absolute Gasteiger partial charge is 0.250 e. The van der Waals surface area contributed by atoms with Crippen LogP contribution in [-0.2, 0) is 4.79 Å². The number of nitrogens with zero attached hydrogens (tertiary/aromatic N) is 3. The molecule has 1 unspecified atom stereocenters. The molecule has 3 N–H and O–H groups in total. The zero-order valence-corrected chi connectivity index (χ0v) is 15.7. The van der Waals surface area contributed by atoms with Gasteiger partial charge in [-0.15, -0.1) is 10.2 Å². The van der Waals surface area contributed by atoms with Gasteiger partial charge in [0.2, 0.25) is 5.91 Å². The second kappa shape index (κ2) is 8.14. The first-order valence-corrected chi connectivity index (χ1v) is 9.44. The van der Waals surface area contributed by atoms with Crippen molar-refractivity contribution in [3.05, 3.63) is 60.4 Å². The van der Waals surface area contributed by atoms with Crippen molar-refractivity contribution in [1.82, 2.24) is 10.2 Å². The topological polar surface area (TPSA) is 114 Å². The molecule has 1 fully saturated rings. The number of anilines is 2. The van der Waals surface area contributed by atoms with Gasteiger partial charge in [0.15, 0.2) is 11.6 Å². The van der Waals surface area contributed by atoms with Gasteiger partial charge in [-0.1, -0.05) is 12.1 Å². The number of nitrogens with two attached hydrogens (primary N) is 1. The first-order chi connectivity index (χ1) is 14.1. The molecule has 0 aliphatic carbocycles. The second-order valence-electron chi connectivity index (χ2n) is 6.94. The summed E-state index contributed by atoms with van der Waals surface area (Å²) < 4.78 is 5.33. The van der Waals surface area contributed by atoms with E-state index in [-0.39, 0.29) is 11.8 Å². The molecule has 3 aromatic rings. The lowest BCUT2D eigenvalue weighted by molar-refractivity contribution is -0.120. The van der Waals surface area contributed by atoms with E-state index in [9.17, 15) is 9.59 Å². The van der Waals surface area contributed by atoms with E-state index in [1.165, 1.54) is 0 Å². The van der Waals surface area contributed by atoms with E-state index in [1.807, 2.05) is 23.1 Å². The lowest BCUT2D eigenvalue weighted by atomic mass is 9.96. The fourth-order valence-electron chi connectivity index (χ4n) is 3.49. The van der Waals surface area contributed by atoms with Crippen LogP contribution < -0.4 is 16.0 Å². The van der Waals surface area contributed by atoms with Crippen LogP contribution in [0.3, 0.4) is 0 Å². The molecule has 0 radical (unpaired) electrons. The average molecular weight is 391 g/mol. The number of hydrogen-bond donors (Lipinski definition) is 2. The van der Waals surface area contributed by atoms with Crippen LogP contribution >= 0.6 is 0 Å². The summed E-state index contributed by atoms with van der Waals surface area (Å²) in [6.07, 6.45) is 3.21. The maximum atomic E-state index is 12.8. The molecule has 1 aliphatic heterocycles. The van der Waals surface area contributed by atoms with Gasteiger partial charge >= 0.3 is 0 Å². The molecule has 0 saturated carbocycles. The standard InChI is InChI=1S/C21H21N5O3/c22-20(27)15-6-1-2-7-16(15)23-21(28)14-5-3-11-26(13-14)19-10-9-17(24-25-19)18-8-4-12-29-18/h1-2,4,6-10,12,14H,3,5,11,13H2,(H2,22,27)(H,23,28). The quantitative estimate of drug-likeness (QED) is 0.691. The molecule has 3 heterocycles. The fraction of sp³-hybridized carbons (Fsp3) is 0.238. The molecule has 0 bridgehead atoms. The molecule has 8 nitrogen and oxygen atoms in total. The highest BCUT2D eigenvalue weighted by Gasteiger charge is 2.27. The van der Waals surface area contributed by atoms with Gasteiger partial charge in [0.05, 0.1) is 23.4 Å². The molecule has 29 heavy (non-hydrogen) atoms. The Hall–Kier alpha value is -3.68. The molecule has 4 rings (SSSR count). The van der Waals surface area contributed by atoms with E-state index < -0.39 is 5.91 Å². The summed E-state index contributed by atoms with van der Waals surface area (Å²) in [5.74, 6) is 0.446. The van der Waals surface area contributed by atoms with Crippen molar-refractivity contribution in [2.24, 2.45) is 11.7 Å². The number of hydrogen-bond acceptors (Lipinski definition) is 6. The summed E-state index contributed by atoms with van der Waals surface area (Å²) in [6.45, 7) is 1.33. The lowest BCUT2D eigenvalue weighted by Gasteiger charge is -2.32. The van der Waals surface area contributed by atoms with E-state index in [0.29, 0.717) is 29.2 Å². The van der Waals surface area contributed by atoms with Gasteiger partial charge in [-0.25, -0.2) is 0 Å². The van der Waals surface area contributed by atoms with Crippen molar-refractivity contribution in [1.29, 1.82) is 0 Å². The molecule has 1 atom stereocenters. The number of furan rings is 1. The lowest BCUT2D eigenvalue weighted by Crippen LogP contribution is -2.41. The van der Waals surface area contributed by atoms with Crippen LogP contribution in [0.15, 0.2) is 59.2 Å². The third-order valence-electron chi connectivity index (χ3n) is 4.99. The number of nitrogens with one attached hydrogen (secondary N) is 1. The molecular weight excluding hydrogens is 370 g/mol. The maximum absolute atomic E-state index is 12.8. The Morgan fingerprint density at radius 1 is 1.10 bits per heavy atom. The monoisotopic (exact) mass is 391 g/mol. The van der Waals surface area contributed by atoms with Gasteiger partial charge in [0.25, 0.3) is 5.91 Å². The van der Waals surface area contributed by atoms with E-state index in [2.05, 4.69) is 15.5 Å². The Morgan fingerprint density at radius 3 is 2.69 bits per heavy atom. The first-order valence-electron chi connectivity index (χ1n) is 9.44. The number of amides is 2. The summed E-state index contributed by atoms with van der Waals surface area (Å²) in [5, 5.41) is 11.4. The summed E-state index contributed by atoms with van der Waals surface area (Å²) in [5.41, 5.74) is 6.79. The number of piperidine rings is 1. The zero-order valence-electron chi connectivity index (χ0n) is 15.7. The highest BCUT2D eigenvalue weighted by molar-refractivity contribution is 6.03. The molecule has 148 valence electrons. The van der Waals surface area contributed by atoms with E-state index in [1.54, 1.807) is 36.6 Å².